The second kappa shape index (κ2) is 5.24. The molecule has 0 amide bonds. The molecule has 0 heterocycles. The van der Waals surface area contributed by atoms with Gasteiger partial charge in [-0.2, -0.15) is 0 Å². The highest BCUT2D eigenvalue weighted by molar-refractivity contribution is 7.93. The van der Waals surface area contributed by atoms with Crippen molar-refractivity contribution in [1.82, 2.24) is 0 Å². The van der Waals surface area contributed by atoms with Crippen LogP contribution in [0.2, 0.25) is 0 Å². The van der Waals surface area contributed by atoms with Crippen LogP contribution in [0.4, 0.5) is 0 Å². The number of hydrogen-bond acceptors (Lipinski definition) is 4. The summed E-state index contributed by atoms with van der Waals surface area (Å²) >= 11 is 0. The third-order valence-electron chi connectivity index (χ3n) is 3.02. The van der Waals surface area contributed by atoms with E-state index in [0.717, 1.165) is 12.8 Å². The van der Waals surface area contributed by atoms with Crippen LogP contribution in [0, 0.1) is 0 Å². The molecule has 17 heavy (non-hydrogen) atoms. The summed E-state index contributed by atoms with van der Waals surface area (Å²) in [4.78, 5) is 0. The lowest BCUT2D eigenvalue weighted by Gasteiger charge is -2.22. The van der Waals surface area contributed by atoms with Gasteiger partial charge in [0.2, 0.25) is 0 Å². The second-order valence-electron chi connectivity index (χ2n) is 5.66. The lowest BCUT2D eigenvalue weighted by atomic mass is 10.2. The van der Waals surface area contributed by atoms with Crippen LogP contribution < -0.4 is 0 Å². The van der Waals surface area contributed by atoms with Crippen molar-refractivity contribution in [2.45, 2.75) is 56.8 Å². The van der Waals surface area contributed by atoms with Crippen molar-refractivity contribution in [2.75, 3.05) is 19.0 Å². The Bertz CT molecular complexity index is 336. The number of aliphatic hydroxyl groups is 1. The Morgan fingerprint density at radius 3 is 2.35 bits per heavy atom. The summed E-state index contributed by atoms with van der Waals surface area (Å²) in [6.07, 6.45) is 3.33. The number of rotatable bonds is 8. The molecule has 0 unspecified atom stereocenters. The quantitative estimate of drug-likeness (QED) is 0.675. The van der Waals surface area contributed by atoms with Crippen LogP contribution >= 0.6 is 0 Å². The van der Waals surface area contributed by atoms with Gasteiger partial charge in [-0.15, -0.1) is 0 Å². The first-order valence-corrected chi connectivity index (χ1v) is 7.90. The van der Waals surface area contributed by atoms with Gasteiger partial charge in [-0.1, -0.05) is 13.3 Å². The summed E-state index contributed by atoms with van der Waals surface area (Å²) in [5.41, 5.74) is -1.17. The summed E-state index contributed by atoms with van der Waals surface area (Å²) < 4.78 is 29.0. The fourth-order valence-corrected chi connectivity index (χ4v) is 4.03. The molecule has 0 aromatic rings. The molecule has 1 aliphatic rings. The zero-order valence-corrected chi connectivity index (χ0v) is 11.8. The normalized spacial score (nSPS) is 19.3. The van der Waals surface area contributed by atoms with E-state index in [-0.39, 0.29) is 12.4 Å². The molecule has 0 aromatic carbocycles. The van der Waals surface area contributed by atoms with Crippen molar-refractivity contribution >= 4 is 9.84 Å². The van der Waals surface area contributed by atoms with Crippen LogP contribution in [-0.2, 0) is 14.6 Å². The molecule has 0 atom stereocenters. The molecule has 1 aliphatic carbocycles. The van der Waals surface area contributed by atoms with Gasteiger partial charge in [-0.05, 0) is 33.1 Å². The zero-order chi connectivity index (χ0) is 13.2. The maximum absolute atomic E-state index is 12.2. The van der Waals surface area contributed by atoms with Gasteiger partial charge in [0, 0.05) is 6.61 Å². The van der Waals surface area contributed by atoms with Crippen molar-refractivity contribution in [3.63, 3.8) is 0 Å². The SMILES string of the molecule is CCCCOCC1(S(=O)(=O)CC(C)(C)O)CC1. The number of hydrogen-bond donors (Lipinski definition) is 1. The summed E-state index contributed by atoms with van der Waals surface area (Å²) in [7, 11) is -3.27. The fraction of sp³-hybridized carbons (Fsp3) is 1.00. The molecule has 102 valence electrons. The van der Waals surface area contributed by atoms with E-state index in [1.54, 1.807) is 0 Å². The van der Waals surface area contributed by atoms with Crippen LogP contribution in [0.1, 0.15) is 46.5 Å². The van der Waals surface area contributed by atoms with Crippen molar-refractivity contribution in [1.29, 1.82) is 0 Å². The molecule has 1 fully saturated rings. The minimum absolute atomic E-state index is 0.183. The largest absolute Gasteiger partial charge is 0.389 e. The molecular formula is C12H24O4S. The summed E-state index contributed by atoms with van der Waals surface area (Å²) in [5.74, 6) is -0.183. The van der Waals surface area contributed by atoms with Crippen molar-refractivity contribution in [3.05, 3.63) is 0 Å². The van der Waals surface area contributed by atoms with E-state index < -0.39 is 20.2 Å². The highest BCUT2D eigenvalue weighted by Gasteiger charge is 2.55. The van der Waals surface area contributed by atoms with Gasteiger partial charge in [0.05, 0.1) is 22.7 Å². The predicted octanol–water partition coefficient (Wildman–Crippen LogP) is 1.52. The van der Waals surface area contributed by atoms with E-state index in [0.29, 0.717) is 19.4 Å². The molecule has 1 saturated carbocycles. The lowest BCUT2D eigenvalue weighted by Crippen LogP contribution is -2.39. The highest BCUT2D eigenvalue weighted by Crippen LogP contribution is 2.45. The molecule has 0 bridgehead atoms. The van der Waals surface area contributed by atoms with Crippen LogP contribution in [0.25, 0.3) is 0 Å². The van der Waals surface area contributed by atoms with E-state index in [9.17, 15) is 13.5 Å². The molecule has 4 nitrogen and oxygen atoms in total. The average Bonchev–Trinajstić information content (AvgIpc) is 2.90. The molecule has 0 aromatic heterocycles. The summed E-state index contributed by atoms with van der Waals surface area (Å²) in [5, 5.41) is 9.63. The Balaban J connectivity index is 2.52. The number of unbranched alkanes of at least 4 members (excludes halogenated alkanes) is 1. The molecule has 0 radical (unpaired) electrons. The Morgan fingerprint density at radius 2 is 1.94 bits per heavy atom. The maximum Gasteiger partial charge on any atom is 0.161 e. The average molecular weight is 264 g/mol. The van der Waals surface area contributed by atoms with Crippen LogP contribution in [0.5, 0.6) is 0 Å². The minimum atomic E-state index is -3.27. The molecule has 5 heteroatoms. The van der Waals surface area contributed by atoms with E-state index >= 15 is 0 Å². The minimum Gasteiger partial charge on any atom is -0.389 e. The van der Waals surface area contributed by atoms with Gasteiger partial charge in [-0.25, -0.2) is 8.42 Å². The molecule has 1 N–H and O–H groups in total. The molecule has 0 spiro atoms. The van der Waals surface area contributed by atoms with Gasteiger partial charge >= 0.3 is 0 Å². The Morgan fingerprint density at radius 1 is 1.35 bits per heavy atom. The first kappa shape index (κ1) is 14.9. The topological polar surface area (TPSA) is 63.6 Å². The predicted molar refractivity (Wildman–Crippen MR) is 67.8 cm³/mol. The molecule has 0 saturated heterocycles. The van der Waals surface area contributed by atoms with Crippen LogP contribution in [-0.4, -0.2) is 42.8 Å². The third kappa shape index (κ3) is 4.23. The standard InChI is InChI=1S/C12H24O4S/c1-4-5-8-16-9-12(6-7-12)17(14,15)10-11(2,3)13/h13H,4-10H2,1-3H3. The van der Waals surface area contributed by atoms with Gasteiger partial charge in [0.25, 0.3) is 0 Å². The van der Waals surface area contributed by atoms with Crippen LogP contribution in [0.3, 0.4) is 0 Å². The zero-order valence-electron chi connectivity index (χ0n) is 11.0. The maximum atomic E-state index is 12.2. The fourth-order valence-electron chi connectivity index (χ4n) is 1.81. The van der Waals surface area contributed by atoms with Crippen molar-refractivity contribution in [3.8, 4) is 0 Å². The summed E-state index contributed by atoms with van der Waals surface area (Å²) in [6, 6.07) is 0. The molecule has 0 aliphatic heterocycles. The highest BCUT2D eigenvalue weighted by atomic mass is 32.2. The Kier molecular flexibility index (Phi) is 4.60. The monoisotopic (exact) mass is 264 g/mol. The van der Waals surface area contributed by atoms with Gasteiger partial charge < -0.3 is 9.84 Å². The van der Waals surface area contributed by atoms with Crippen molar-refractivity contribution < 1.29 is 18.3 Å². The molecule has 1 rings (SSSR count). The van der Waals surface area contributed by atoms with Gasteiger partial charge in [-0.3, -0.25) is 0 Å². The molecular weight excluding hydrogens is 240 g/mol. The van der Waals surface area contributed by atoms with Gasteiger partial charge in [0.1, 0.15) is 0 Å². The Labute approximate surface area is 104 Å². The lowest BCUT2D eigenvalue weighted by molar-refractivity contribution is 0.102. The number of ether oxygens (including phenoxy) is 1. The first-order chi connectivity index (χ1) is 7.72. The first-order valence-electron chi connectivity index (χ1n) is 6.25. The van der Waals surface area contributed by atoms with E-state index in [4.69, 9.17) is 4.74 Å². The van der Waals surface area contributed by atoms with E-state index in [1.807, 2.05) is 0 Å². The van der Waals surface area contributed by atoms with Crippen molar-refractivity contribution in [2.24, 2.45) is 0 Å². The van der Waals surface area contributed by atoms with Crippen LogP contribution in [0.15, 0.2) is 0 Å². The van der Waals surface area contributed by atoms with E-state index in [1.165, 1.54) is 13.8 Å². The smallest absolute Gasteiger partial charge is 0.161 e. The summed E-state index contributed by atoms with van der Waals surface area (Å²) in [6.45, 7) is 6.03. The number of sulfone groups is 1. The van der Waals surface area contributed by atoms with Gasteiger partial charge in [0.15, 0.2) is 9.84 Å². The third-order valence-corrected chi connectivity index (χ3v) is 5.95. The van der Waals surface area contributed by atoms with E-state index in [2.05, 4.69) is 6.92 Å². The second-order valence-corrected chi connectivity index (χ2v) is 8.04. The Hall–Kier alpha value is -0.130.